The zero-order valence-corrected chi connectivity index (χ0v) is 19.1. The van der Waals surface area contributed by atoms with Crippen molar-refractivity contribution >= 4 is 16.9 Å². The minimum absolute atomic E-state index is 0.0608. The van der Waals surface area contributed by atoms with Gasteiger partial charge in [0.25, 0.3) is 5.91 Å². The highest BCUT2D eigenvalue weighted by atomic mass is 16.3. The molecule has 1 aliphatic carbocycles. The van der Waals surface area contributed by atoms with Crippen molar-refractivity contribution in [2.45, 2.75) is 38.5 Å². The van der Waals surface area contributed by atoms with Crippen molar-refractivity contribution in [1.82, 2.24) is 15.3 Å². The van der Waals surface area contributed by atoms with E-state index in [9.17, 15) is 9.90 Å². The van der Waals surface area contributed by atoms with Crippen LogP contribution in [-0.2, 0) is 11.8 Å². The van der Waals surface area contributed by atoms with Crippen molar-refractivity contribution in [3.63, 3.8) is 0 Å². The Morgan fingerprint density at radius 1 is 1.09 bits per heavy atom. The van der Waals surface area contributed by atoms with Gasteiger partial charge in [-0.1, -0.05) is 50.2 Å². The second-order valence-electron chi connectivity index (χ2n) is 9.64. The molecule has 5 rings (SSSR count). The van der Waals surface area contributed by atoms with E-state index in [1.807, 2.05) is 30.3 Å². The van der Waals surface area contributed by atoms with Crippen LogP contribution in [0.3, 0.4) is 0 Å². The van der Waals surface area contributed by atoms with Gasteiger partial charge in [0, 0.05) is 17.5 Å². The molecule has 1 amide bonds. The van der Waals surface area contributed by atoms with Crippen LogP contribution in [0.25, 0.3) is 11.0 Å². The summed E-state index contributed by atoms with van der Waals surface area (Å²) in [5.41, 5.74) is 5.56. The summed E-state index contributed by atoms with van der Waals surface area (Å²) in [6.07, 6.45) is 4.38. The number of aryl methyl sites for hydroxylation is 1. The van der Waals surface area contributed by atoms with Crippen molar-refractivity contribution in [3.05, 3.63) is 95.3 Å². The van der Waals surface area contributed by atoms with Crippen molar-refractivity contribution in [2.75, 3.05) is 6.54 Å². The fraction of sp³-hybridized carbons (Fsp3) is 0.286. The van der Waals surface area contributed by atoms with E-state index in [1.165, 1.54) is 11.1 Å². The Hall–Kier alpha value is -3.60. The van der Waals surface area contributed by atoms with Gasteiger partial charge in [-0.15, -0.1) is 0 Å². The predicted molar refractivity (Wildman–Crippen MR) is 130 cm³/mol. The van der Waals surface area contributed by atoms with E-state index in [2.05, 4.69) is 59.5 Å². The van der Waals surface area contributed by atoms with E-state index in [0.717, 1.165) is 35.9 Å². The molecule has 0 radical (unpaired) electrons. The molecule has 0 spiro atoms. The zero-order valence-electron chi connectivity index (χ0n) is 19.1. The van der Waals surface area contributed by atoms with Gasteiger partial charge < -0.3 is 15.4 Å². The molecule has 0 fully saturated rings. The van der Waals surface area contributed by atoms with E-state index in [-0.39, 0.29) is 22.5 Å². The number of phenols is 1. The third-order valence-corrected chi connectivity index (χ3v) is 7.46. The molecule has 0 aliphatic heterocycles. The molecule has 0 bridgehead atoms. The summed E-state index contributed by atoms with van der Waals surface area (Å²) < 4.78 is 0. The maximum atomic E-state index is 13.0. The highest BCUT2D eigenvalue weighted by Gasteiger charge is 2.50. The highest BCUT2D eigenvalue weighted by molar-refractivity contribution is 5.97. The van der Waals surface area contributed by atoms with Crippen LogP contribution in [0.1, 0.15) is 53.7 Å². The molecule has 33 heavy (non-hydrogen) atoms. The summed E-state index contributed by atoms with van der Waals surface area (Å²) in [6, 6.07) is 21.8. The number of aromatic nitrogens is 2. The first-order valence-corrected chi connectivity index (χ1v) is 11.5. The Kier molecular flexibility index (Phi) is 5.20. The number of aromatic amines is 1. The molecule has 3 N–H and O–H groups in total. The normalized spacial score (nSPS) is 19.2. The summed E-state index contributed by atoms with van der Waals surface area (Å²) >= 11 is 0. The maximum absolute atomic E-state index is 13.0. The van der Waals surface area contributed by atoms with Gasteiger partial charge in [0.15, 0.2) is 0 Å². The summed E-state index contributed by atoms with van der Waals surface area (Å²) in [5.74, 6) is 0.183. The van der Waals surface area contributed by atoms with Crippen molar-refractivity contribution in [3.8, 4) is 5.75 Å². The second kappa shape index (κ2) is 8.07. The lowest BCUT2D eigenvalue weighted by atomic mass is 9.51. The van der Waals surface area contributed by atoms with Gasteiger partial charge in [-0.2, -0.15) is 0 Å². The third kappa shape index (κ3) is 3.58. The number of fused-ring (bicyclic) bond motifs is 2. The lowest BCUT2D eigenvalue weighted by Crippen LogP contribution is -2.48. The number of carbonyl (C=O) groups is 1. The Morgan fingerprint density at radius 3 is 2.73 bits per heavy atom. The van der Waals surface area contributed by atoms with E-state index < -0.39 is 0 Å². The molecule has 3 aromatic carbocycles. The molecule has 1 unspecified atom stereocenters. The number of phenolic OH excluding ortho intramolecular Hbond substituents is 1. The first-order chi connectivity index (χ1) is 15.9. The first-order valence-electron chi connectivity index (χ1n) is 11.5. The number of aromatic hydroxyl groups is 1. The van der Waals surface area contributed by atoms with Gasteiger partial charge in [0.1, 0.15) is 5.75 Å². The van der Waals surface area contributed by atoms with E-state index in [4.69, 9.17) is 0 Å². The van der Waals surface area contributed by atoms with Crippen LogP contribution in [0, 0.1) is 5.41 Å². The molecular weight excluding hydrogens is 410 g/mol. The molecule has 5 heteroatoms. The minimum atomic E-state index is -0.332. The highest BCUT2D eigenvalue weighted by Crippen LogP contribution is 2.56. The molecule has 1 aliphatic rings. The number of amides is 1. The molecule has 168 valence electrons. The number of benzene rings is 3. The fourth-order valence-electron chi connectivity index (χ4n) is 5.63. The second-order valence-corrected chi connectivity index (χ2v) is 9.64. The first kappa shape index (κ1) is 21.3. The lowest BCUT2D eigenvalue weighted by molar-refractivity contribution is 0.0939. The number of imidazole rings is 1. The Labute approximate surface area is 193 Å². The topological polar surface area (TPSA) is 78.0 Å². The maximum Gasteiger partial charge on any atom is 0.251 e. The Bertz CT molecular complexity index is 1310. The summed E-state index contributed by atoms with van der Waals surface area (Å²) in [6.45, 7) is 5.13. The van der Waals surface area contributed by atoms with Crippen LogP contribution >= 0.6 is 0 Å². The zero-order chi connectivity index (χ0) is 23.1. The molecular formula is C28H29N3O2. The van der Waals surface area contributed by atoms with Crippen LogP contribution in [0.15, 0.2) is 73.1 Å². The van der Waals surface area contributed by atoms with Crippen molar-refractivity contribution < 1.29 is 9.90 Å². The minimum Gasteiger partial charge on any atom is -0.508 e. The standard InChI is InChI=1S/C28H29N3O2/c1-27(2)13-12-19-8-10-22(32)17-23(19)28(27,21-6-4-3-5-7-21)14-15-29-26(33)20-9-11-24-25(16-20)31-18-30-24/h3-11,16-18,32H,12-15H2,1-2H3,(H,29,33)(H,30,31). The smallest absolute Gasteiger partial charge is 0.251 e. The molecule has 1 heterocycles. The summed E-state index contributed by atoms with van der Waals surface area (Å²) in [4.78, 5) is 20.3. The lowest BCUT2D eigenvalue weighted by Gasteiger charge is -2.52. The molecule has 4 aromatic rings. The van der Waals surface area contributed by atoms with Gasteiger partial charge >= 0.3 is 0 Å². The predicted octanol–water partition coefficient (Wildman–Crippen LogP) is 5.35. The van der Waals surface area contributed by atoms with Gasteiger partial charge in [0.2, 0.25) is 0 Å². The van der Waals surface area contributed by atoms with Crippen LogP contribution in [-0.4, -0.2) is 27.5 Å². The third-order valence-electron chi connectivity index (χ3n) is 7.46. The number of rotatable bonds is 5. The Morgan fingerprint density at radius 2 is 1.91 bits per heavy atom. The van der Waals surface area contributed by atoms with Crippen molar-refractivity contribution in [1.29, 1.82) is 0 Å². The van der Waals surface area contributed by atoms with E-state index in [1.54, 1.807) is 12.4 Å². The van der Waals surface area contributed by atoms with Crippen LogP contribution in [0.4, 0.5) is 0 Å². The quantitative estimate of drug-likeness (QED) is 0.392. The molecule has 0 saturated heterocycles. The fourth-order valence-corrected chi connectivity index (χ4v) is 5.63. The average molecular weight is 440 g/mol. The number of hydrogen-bond donors (Lipinski definition) is 3. The summed E-state index contributed by atoms with van der Waals surface area (Å²) in [5, 5.41) is 13.5. The number of nitrogens with zero attached hydrogens (tertiary/aromatic N) is 1. The average Bonchev–Trinajstić information content (AvgIpc) is 3.29. The van der Waals surface area contributed by atoms with Gasteiger partial charge in [0.05, 0.1) is 17.4 Å². The molecule has 1 atom stereocenters. The largest absolute Gasteiger partial charge is 0.508 e. The van der Waals surface area contributed by atoms with E-state index in [0.29, 0.717) is 12.1 Å². The number of carbonyl (C=O) groups excluding carboxylic acids is 1. The van der Waals surface area contributed by atoms with Crippen LogP contribution < -0.4 is 5.32 Å². The number of H-pyrrole nitrogens is 1. The number of hydrogen-bond acceptors (Lipinski definition) is 3. The molecule has 1 aromatic heterocycles. The molecule has 0 saturated carbocycles. The van der Waals surface area contributed by atoms with Crippen LogP contribution in [0.2, 0.25) is 0 Å². The van der Waals surface area contributed by atoms with Gasteiger partial charge in [-0.3, -0.25) is 4.79 Å². The molecule has 5 nitrogen and oxygen atoms in total. The van der Waals surface area contributed by atoms with Crippen molar-refractivity contribution in [2.24, 2.45) is 5.41 Å². The van der Waals surface area contributed by atoms with E-state index >= 15 is 0 Å². The number of nitrogens with one attached hydrogen (secondary N) is 2. The Balaban J connectivity index is 1.49. The SMILES string of the molecule is CC1(C)CCc2ccc(O)cc2C1(CCNC(=O)c1ccc2nc[nH]c2c1)c1ccccc1. The van der Waals surface area contributed by atoms with Gasteiger partial charge in [-0.05, 0) is 71.7 Å². The van der Waals surface area contributed by atoms with Crippen LogP contribution in [0.5, 0.6) is 5.75 Å². The van der Waals surface area contributed by atoms with Gasteiger partial charge in [-0.25, -0.2) is 4.98 Å². The monoisotopic (exact) mass is 439 g/mol. The summed E-state index contributed by atoms with van der Waals surface area (Å²) in [7, 11) is 0.